The van der Waals surface area contributed by atoms with E-state index >= 15 is 0 Å². The van der Waals surface area contributed by atoms with Gasteiger partial charge in [-0.2, -0.15) is 0 Å². The van der Waals surface area contributed by atoms with Crippen molar-refractivity contribution >= 4 is 22.7 Å². The van der Waals surface area contributed by atoms with Gasteiger partial charge in [0, 0.05) is 16.8 Å². The fourth-order valence-corrected chi connectivity index (χ4v) is 3.10. The van der Waals surface area contributed by atoms with Crippen molar-refractivity contribution in [2.45, 2.75) is 19.8 Å². The van der Waals surface area contributed by atoms with E-state index in [-0.39, 0.29) is 5.91 Å². The molecule has 4 rings (SSSR count). The Hall–Kier alpha value is -3.60. The van der Waals surface area contributed by atoms with E-state index < -0.39 is 0 Å². The Morgan fingerprint density at radius 3 is 2.55 bits per heavy atom. The van der Waals surface area contributed by atoms with E-state index in [1.54, 1.807) is 31.4 Å². The lowest BCUT2D eigenvalue weighted by Gasteiger charge is -2.07. The molecule has 0 saturated carbocycles. The molecule has 0 bridgehead atoms. The Kier molecular flexibility index (Phi) is 5.04. The third kappa shape index (κ3) is 3.99. The maximum atomic E-state index is 12.5. The summed E-state index contributed by atoms with van der Waals surface area (Å²) >= 11 is 0. The molecule has 0 spiro atoms. The van der Waals surface area contributed by atoms with Crippen LogP contribution in [-0.2, 0) is 0 Å². The molecular formula is C24H22N2O3. The molecule has 0 aliphatic carbocycles. The van der Waals surface area contributed by atoms with Gasteiger partial charge in [0.15, 0.2) is 5.58 Å². The van der Waals surface area contributed by atoms with Crippen molar-refractivity contribution in [1.29, 1.82) is 0 Å². The average Bonchev–Trinajstić information content (AvgIpc) is 3.17. The molecule has 0 saturated heterocycles. The Labute approximate surface area is 169 Å². The van der Waals surface area contributed by atoms with E-state index in [9.17, 15) is 4.79 Å². The van der Waals surface area contributed by atoms with Crippen LogP contribution in [0.3, 0.4) is 0 Å². The van der Waals surface area contributed by atoms with Crippen LogP contribution < -0.4 is 10.1 Å². The maximum Gasteiger partial charge on any atom is 0.255 e. The summed E-state index contributed by atoms with van der Waals surface area (Å²) in [6, 6.07) is 20.5. The molecular weight excluding hydrogens is 364 g/mol. The van der Waals surface area contributed by atoms with Gasteiger partial charge in [0.25, 0.3) is 5.91 Å². The average molecular weight is 386 g/mol. The van der Waals surface area contributed by atoms with E-state index in [0.717, 1.165) is 16.7 Å². The van der Waals surface area contributed by atoms with E-state index in [4.69, 9.17) is 9.15 Å². The monoisotopic (exact) mass is 386 g/mol. The molecule has 1 heterocycles. The topological polar surface area (TPSA) is 64.4 Å². The van der Waals surface area contributed by atoms with Gasteiger partial charge in [-0.05, 0) is 66.1 Å². The van der Waals surface area contributed by atoms with Crippen molar-refractivity contribution in [3.8, 4) is 17.2 Å². The number of rotatable bonds is 5. The predicted octanol–water partition coefficient (Wildman–Crippen LogP) is 5.88. The molecule has 0 atom stereocenters. The zero-order chi connectivity index (χ0) is 20.4. The number of nitrogens with zero attached hydrogens (tertiary/aromatic N) is 1. The van der Waals surface area contributed by atoms with Crippen molar-refractivity contribution in [2.75, 3.05) is 12.4 Å². The number of nitrogens with one attached hydrogen (secondary N) is 1. The predicted molar refractivity (Wildman–Crippen MR) is 114 cm³/mol. The van der Waals surface area contributed by atoms with E-state index in [2.05, 4.69) is 36.3 Å². The SMILES string of the molecule is COc1ccc(C(=O)Nc2cccc(-c3nc4cc(C(C)C)ccc4o3)c2)cc1. The highest BCUT2D eigenvalue weighted by Crippen LogP contribution is 2.28. The molecule has 3 aromatic carbocycles. The summed E-state index contributed by atoms with van der Waals surface area (Å²) < 4.78 is 11.0. The quantitative estimate of drug-likeness (QED) is 0.465. The number of amides is 1. The lowest BCUT2D eigenvalue weighted by Crippen LogP contribution is -2.11. The van der Waals surface area contributed by atoms with Crippen LogP contribution in [0.2, 0.25) is 0 Å². The third-order valence-corrected chi connectivity index (χ3v) is 4.80. The molecule has 1 aromatic heterocycles. The van der Waals surface area contributed by atoms with Gasteiger partial charge in [-0.25, -0.2) is 4.98 Å². The summed E-state index contributed by atoms with van der Waals surface area (Å²) in [6.07, 6.45) is 0. The number of methoxy groups -OCH3 is 1. The molecule has 1 N–H and O–H groups in total. The fourth-order valence-electron chi connectivity index (χ4n) is 3.10. The van der Waals surface area contributed by atoms with Gasteiger partial charge in [0.2, 0.25) is 5.89 Å². The molecule has 5 nitrogen and oxygen atoms in total. The number of benzene rings is 3. The Morgan fingerprint density at radius 1 is 1.03 bits per heavy atom. The number of ether oxygens (including phenoxy) is 1. The second-order valence-electron chi connectivity index (χ2n) is 7.16. The van der Waals surface area contributed by atoms with Crippen molar-refractivity contribution in [3.63, 3.8) is 0 Å². The molecule has 146 valence electrons. The number of fused-ring (bicyclic) bond motifs is 1. The minimum absolute atomic E-state index is 0.191. The Morgan fingerprint density at radius 2 is 1.83 bits per heavy atom. The second kappa shape index (κ2) is 7.80. The lowest BCUT2D eigenvalue weighted by atomic mass is 10.0. The first-order chi connectivity index (χ1) is 14.0. The first-order valence-electron chi connectivity index (χ1n) is 9.50. The van der Waals surface area contributed by atoms with Crippen LogP contribution in [-0.4, -0.2) is 18.0 Å². The van der Waals surface area contributed by atoms with Crippen LogP contribution in [0, 0.1) is 0 Å². The molecule has 0 radical (unpaired) electrons. The highest BCUT2D eigenvalue weighted by atomic mass is 16.5. The van der Waals surface area contributed by atoms with Crippen LogP contribution >= 0.6 is 0 Å². The molecule has 0 unspecified atom stereocenters. The first-order valence-corrected chi connectivity index (χ1v) is 9.50. The van der Waals surface area contributed by atoms with Crippen molar-refractivity contribution in [1.82, 2.24) is 4.98 Å². The van der Waals surface area contributed by atoms with Crippen LogP contribution in [0.1, 0.15) is 35.7 Å². The number of anilines is 1. The number of carbonyl (C=O) groups excluding carboxylic acids is 1. The zero-order valence-corrected chi connectivity index (χ0v) is 16.6. The van der Waals surface area contributed by atoms with E-state index in [1.165, 1.54) is 5.56 Å². The zero-order valence-electron chi connectivity index (χ0n) is 16.6. The molecule has 0 aliphatic heterocycles. The molecule has 0 aliphatic rings. The van der Waals surface area contributed by atoms with Gasteiger partial charge >= 0.3 is 0 Å². The molecule has 1 amide bonds. The number of carbonyl (C=O) groups is 1. The summed E-state index contributed by atoms with van der Waals surface area (Å²) in [5, 5.41) is 2.91. The summed E-state index contributed by atoms with van der Waals surface area (Å²) in [5.74, 6) is 1.47. The largest absolute Gasteiger partial charge is 0.497 e. The van der Waals surface area contributed by atoms with Crippen molar-refractivity contribution in [2.24, 2.45) is 0 Å². The summed E-state index contributed by atoms with van der Waals surface area (Å²) in [5.41, 5.74) is 4.83. The summed E-state index contributed by atoms with van der Waals surface area (Å²) in [7, 11) is 1.59. The third-order valence-electron chi connectivity index (χ3n) is 4.80. The smallest absolute Gasteiger partial charge is 0.255 e. The minimum atomic E-state index is -0.191. The molecule has 5 heteroatoms. The fraction of sp³-hybridized carbons (Fsp3) is 0.167. The van der Waals surface area contributed by atoms with Crippen LogP contribution in [0.5, 0.6) is 5.75 Å². The number of oxazole rings is 1. The van der Waals surface area contributed by atoms with Gasteiger partial charge in [0.05, 0.1) is 7.11 Å². The van der Waals surface area contributed by atoms with E-state index in [0.29, 0.717) is 28.8 Å². The van der Waals surface area contributed by atoms with Gasteiger partial charge in [-0.3, -0.25) is 4.79 Å². The Bertz CT molecular complexity index is 1160. The molecule has 29 heavy (non-hydrogen) atoms. The van der Waals surface area contributed by atoms with Crippen LogP contribution in [0.25, 0.3) is 22.6 Å². The van der Waals surface area contributed by atoms with Crippen molar-refractivity contribution < 1.29 is 13.9 Å². The summed E-state index contributed by atoms with van der Waals surface area (Å²) in [4.78, 5) is 17.1. The second-order valence-corrected chi connectivity index (χ2v) is 7.16. The van der Waals surface area contributed by atoms with Gasteiger partial charge < -0.3 is 14.5 Å². The normalized spacial score (nSPS) is 11.0. The molecule has 4 aromatic rings. The minimum Gasteiger partial charge on any atom is -0.497 e. The van der Waals surface area contributed by atoms with Crippen LogP contribution in [0.4, 0.5) is 5.69 Å². The maximum absolute atomic E-state index is 12.5. The van der Waals surface area contributed by atoms with Gasteiger partial charge in [-0.1, -0.05) is 26.0 Å². The van der Waals surface area contributed by atoms with Crippen LogP contribution in [0.15, 0.2) is 71.1 Å². The standard InChI is InChI=1S/C24H22N2O3/c1-15(2)17-9-12-22-21(14-17)26-24(29-22)18-5-4-6-19(13-18)25-23(27)16-7-10-20(28-3)11-8-16/h4-15H,1-3H3,(H,25,27). The Balaban J connectivity index is 1.58. The van der Waals surface area contributed by atoms with Crippen molar-refractivity contribution in [3.05, 3.63) is 77.9 Å². The summed E-state index contributed by atoms with van der Waals surface area (Å²) in [6.45, 7) is 4.30. The highest BCUT2D eigenvalue weighted by molar-refractivity contribution is 6.04. The van der Waals surface area contributed by atoms with Gasteiger partial charge in [0.1, 0.15) is 11.3 Å². The van der Waals surface area contributed by atoms with E-state index in [1.807, 2.05) is 30.3 Å². The number of hydrogen-bond donors (Lipinski definition) is 1. The number of aromatic nitrogens is 1. The van der Waals surface area contributed by atoms with Gasteiger partial charge in [-0.15, -0.1) is 0 Å². The first kappa shape index (κ1) is 18.7. The molecule has 0 fully saturated rings. The number of hydrogen-bond acceptors (Lipinski definition) is 4. The lowest BCUT2D eigenvalue weighted by molar-refractivity contribution is 0.102. The highest BCUT2D eigenvalue weighted by Gasteiger charge is 2.12.